The van der Waals surface area contributed by atoms with E-state index in [1.807, 2.05) is 6.07 Å². The topological polar surface area (TPSA) is 87.6 Å². The molecule has 120 valence electrons. The molecule has 1 N–H and O–H groups in total. The lowest BCUT2D eigenvalue weighted by atomic mass is 10.1. The first kappa shape index (κ1) is 15.6. The van der Waals surface area contributed by atoms with Crippen LogP contribution in [0, 0.1) is 6.92 Å². The summed E-state index contributed by atoms with van der Waals surface area (Å²) in [4.78, 5) is 15.7. The van der Waals surface area contributed by atoms with Crippen LogP contribution in [0.15, 0.2) is 47.5 Å². The number of carbonyl (C=O) groups is 1. The van der Waals surface area contributed by atoms with Crippen molar-refractivity contribution >= 4 is 26.9 Å². The zero-order valence-corrected chi connectivity index (χ0v) is 13.3. The van der Waals surface area contributed by atoms with E-state index in [2.05, 4.69) is 4.98 Å². The first-order valence-electron chi connectivity index (χ1n) is 7.16. The summed E-state index contributed by atoms with van der Waals surface area (Å²) in [7, 11) is -3.97. The normalized spacial score (nSPS) is 19.1. The van der Waals surface area contributed by atoms with Crippen molar-refractivity contribution in [3.8, 4) is 0 Å². The Morgan fingerprint density at radius 2 is 2.13 bits per heavy atom. The molecular formula is C16H16N2O4S. The quantitative estimate of drug-likeness (QED) is 0.868. The van der Waals surface area contributed by atoms with Crippen molar-refractivity contribution in [3.63, 3.8) is 0 Å². The Morgan fingerprint density at radius 1 is 1.35 bits per heavy atom. The van der Waals surface area contributed by atoms with Crippen molar-refractivity contribution in [3.05, 3.63) is 48.2 Å². The predicted octanol–water partition coefficient (Wildman–Crippen LogP) is 1.95. The fourth-order valence-corrected chi connectivity index (χ4v) is 4.56. The molecule has 1 atom stereocenters. The lowest BCUT2D eigenvalue weighted by Gasteiger charge is -2.29. The number of rotatable bonds is 3. The van der Waals surface area contributed by atoms with E-state index in [1.54, 1.807) is 37.3 Å². The summed E-state index contributed by atoms with van der Waals surface area (Å²) >= 11 is 0. The Hall–Kier alpha value is -2.25. The fourth-order valence-electron chi connectivity index (χ4n) is 2.76. The lowest BCUT2D eigenvalue weighted by molar-refractivity contribution is -0.141. The summed E-state index contributed by atoms with van der Waals surface area (Å²) in [5, 5.41) is 10.0. The standard InChI is InChI=1S/C16H16N2O4S/c1-11-9-12-5-4-7-17-15(12)14(10-11)23(21,22)18-8-3-2-6-13(18)16(19)20/h2-5,7,9-10,13H,6,8H2,1H3,(H,19,20). The van der Waals surface area contributed by atoms with Crippen LogP contribution in [0.5, 0.6) is 0 Å². The number of nitrogens with zero attached hydrogens (tertiary/aromatic N) is 2. The van der Waals surface area contributed by atoms with Gasteiger partial charge in [-0.2, -0.15) is 4.31 Å². The summed E-state index contributed by atoms with van der Waals surface area (Å²) in [5.74, 6) is -1.15. The third-order valence-corrected chi connectivity index (χ3v) is 5.73. The molecule has 0 bridgehead atoms. The van der Waals surface area contributed by atoms with Gasteiger partial charge >= 0.3 is 5.97 Å². The second-order valence-corrected chi connectivity index (χ2v) is 7.33. The molecular weight excluding hydrogens is 316 g/mol. The molecule has 0 amide bonds. The van der Waals surface area contributed by atoms with Gasteiger partial charge in [0.2, 0.25) is 10.0 Å². The monoisotopic (exact) mass is 332 g/mol. The van der Waals surface area contributed by atoms with Gasteiger partial charge in [-0.15, -0.1) is 0 Å². The number of sulfonamides is 1. The summed E-state index contributed by atoms with van der Waals surface area (Å²) < 4.78 is 27.1. The molecule has 0 aliphatic carbocycles. The van der Waals surface area contributed by atoms with Gasteiger partial charge in [-0.25, -0.2) is 8.42 Å². The average Bonchev–Trinajstić information content (AvgIpc) is 2.54. The molecule has 1 unspecified atom stereocenters. The van der Waals surface area contributed by atoms with Crippen LogP contribution in [0.3, 0.4) is 0 Å². The molecule has 0 saturated heterocycles. The average molecular weight is 332 g/mol. The third-order valence-electron chi connectivity index (χ3n) is 3.84. The summed E-state index contributed by atoms with van der Waals surface area (Å²) in [6.45, 7) is 1.85. The number of carboxylic acid groups (broad SMARTS) is 1. The van der Waals surface area contributed by atoms with Gasteiger partial charge in [0.15, 0.2) is 0 Å². The second kappa shape index (κ2) is 5.75. The van der Waals surface area contributed by atoms with Crippen molar-refractivity contribution in [1.82, 2.24) is 9.29 Å². The van der Waals surface area contributed by atoms with Crippen molar-refractivity contribution in [2.24, 2.45) is 0 Å². The second-order valence-electron chi connectivity index (χ2n) is 5.47. The van der Waals surface area contributed by atoms with Crippen LogP contribution >= 0.6 is 0 Å². The number of hydrogen-bond donors (Lipinski definition) is 1. The molecule has 0 fully saturated rings. The van der Waals surface area contributed by atoms with Crippen molar-refractivity contribution in [2.45, 2.75) is 24.3 Å². The van der Waals surface area contributed by atoms with Gasteiger partial charge in [0.25, 0.3) is 0 Å². The van der Waals surface area contributed by atoms with Crippen molar-refractivity contribution < 1.29 is 18.3 Å². The molecule has 0 spiro atoms. The van der Waals surface area contributed by atoms with E-state index in [-0.39, 0.29) is 17.9 Å². The molecule has 0 radical (unpaired) electrons. The fraction of sp³-hybridized carbons (Fsp3) is 0.250. The van der Waals surface area contributed by atoms with E-state index < -0.39 is 22.0 Å². The van der Waals surface area contributed by atoms with E-state index in [0.29, 0.717) is 10.9 Å². The largest absolute Gasteiger partial charge is 0.480 e. The molecule has 1 aromatic carbocycles. The van der Waals surface area contributed by atoms with E-state index >= 15 is 0 Å². The third kappa shape index (κ3) is 2.73. The Morgan fingerprint density at radius 3 is 2.87 bits per heavy atom. The van der Waals surface area contributed by atoms with Gasteiger partial charge in [0.1, 0.15) is 10.9 Å². The maximum Gasteiger partial charge on any atom is 0.322 e. The molecule has 1 aliphatic rings. The molecule has 2 heterocycles. The van der Waals surface area contributed by atoms with Crippen LogP contribution in [-0.4, -0.2) is 41.4 Å². The number of aromatic nitrogens is 1. The Balaban J connectivity index is 2.20. The molecule has 0 saturated carbocycles. The first-order valence-corrected chi connectivity index (χ1v) is 8.60. The van der Waals surface area contributed by atoms with Crippen molar-refractivity contribution in [1.29, 1.82) is 0 Å². The SMILES string of the molecule is Cc1cc(S(=O)(=O)N2CC=CCC2C(=O)O)c2ncccc2c1. The lowest BCUT2D eigenvalue weighted by Crippen LogP contribution is -2.46. The minimum atomic E-state index is -3.97. The van der Waals surface area contributed by atoms with Gasteiger partial charge in [0.05, 0.1) is 5.52 Å². The zero-order valence-electron chi connectivity index (χ0n) is 12.5. The van der Waals surface area contributed by atoms with Gasteiger partial charge < -0.3 is 5.11 Å². The number of benzene rings is 1. The predicted molar refractivity (Wildman–Crippen MR) is 85.6 cm³/mol. The van der Waals surface area contributed by atoms with E-state index in [9.17, 15) is 18.3 Å². The molecule has 7 heteroatoms. The molecule has 6 nitrogen and oxygen atoms in total. The van der Waals surface area contributed by atoms with Crippen LogP contribution in [0.2, 0.25) is 0 Å². The van der Waals surface area contributed by atoms with E-state index in [0.717, 1.165) is 9.87 Å². The van der Waals surface area contributed by atoms with E-state index in [1.165, 1.54) is 6.20 Å². The maximum absolute atomic E-state index is 13.1. The van der Waals surface area contributed by atoms with E-state index in [4.69, 9.17) is 0 Å². The molecule has 1 aliphatic heterocycles. The number of hydrogen-bond acceptors (Lipinski definition) is 4. The highest BCUT2D eigenvalue weighted by atomic mass is 32.2. The number of pyridine rings is 1. The Kier molecular flexibility index (Phi) is 3.91. The minimum Gasteiger partial charge on any atom is -0.480 e. The molecule has 1 aromatic heterocycles. The summed E-state index contributed by atoms with van der Waals surface area (Å²) in [6, 6.07) is 5.83. The molecule has 2 aromatic rings. The molecule has 23 heavy (non-hydrogen) atoms. The summed E-state index contributed by atoms with van der Waals surface area (Å²) in [5.41, 5.74) is 1.14. The highest BCUT2D eigenvalue weighted by Gasteiger charge is 2.37. The highest BCUT2D eigenvalue weighted by molar-refractivity contribution is 7.89. The number of aliphatic carboxylic acids is 1. The number of aryl methyl sites for hydroxylation is 1. The Labute approximate surface area is 134 Å². The zero-order chi connectivity index (χ0) is 16.6. The van der Waals surface area contributed by atoms with Crippen LogP contribution in [0.4, 0.5) is 0 Å². The summed E-state index contributed by atoms with van der Waals surface area (Å²) in [6.07, 6.45) is 5.05. The Bertz CT molecular complexity index is 905. The van der Waals surface area contributed by atoms with Gasteiger partial charge in [-0.05, 0) is 37.1 Å². The van der Waals surface area contributed by atoms with Crippen LogP contribution in [0.25, 0.3) is 10.9 Å². The van der Waals surface area contributed by atoms with Gasteiger partial charge in [0, 0.05) is 18.1 Å². The first-order chi connectivity index (χ1) is 10.9. The van der Waals surface area contributed by atoms with Crippen LogP contribution in [-0.2, 0) is 14.8 Å². The van der Waals surface area contributed by atoms with Crippen molar-refractivity contribution in [2.75, 3.05) is 6.54 Å². The van der Waals surface area contributed by atoms with Gasteiger partial charge in [-0.3, -0.25) is 9.78 Å². The highest BCUT2D eigenvalue weighted by Crippen LogP contribution is 2.28. The number of carboxylic acids is 1. The van der Waals surface area contributed by atoms with Gasteiger partial charge in [-0.1, -0.05) is 18.2 Å². The molecule has 3 rings (SSSR count). The minimum absolute atomic E-state index is 0.0432. The maximum atomic E-state index is 13.1. The number of fused-ring (bicyclic) bond motifs is 1. The smallest absolute Gasteiger partial charge is 0.322 e. The van der Waals surface area contributed by atoms with Crippen LogP contribution < -0.4 is 0 Å². The van der Waals surface area contributed by atoms with Crippen LogP contribution in [0.1, 0.15) is 12.0 Å².